The summed E-state index contributed by atoms with van der Waals surface area (Å²) in [6, 6.07) is 0. The fourth-order valence-corrected chi connectivity index (χ4v) is 0. The maximum atomic E-state index is 0. The Morgan fingerprint density at radius 3 is 0.667 bits per heavy atom. The molecule has 0 aromatic rings. The van der Waals surface area contributed by atoms with Crippen LogP contribution in [0.5, 0.6) is 0 Å². The molecule has 0 spiro atoms. The van der Waals surface area contributed by atoms with Crippen LogP contribution in [-0.2, 0) is 0 Å². The van der Waals surface area contributed by atoms with Crippen LogP contribution in [0.1, 0.15) is 0 Å². The molecule has 0 aromatic heterocycles. The minimum atomic E-state index is 0. The van der Waals surface area contributed by atoms with E-state index in [2.05, 4.69) is 0 Å². The summed E-state index contributed by atoms with van der Waals surface area (Å²) < 4.78 is 0. The van der Waals surface area contributed by atoms with Gasteiger partial charge in [0.1, 0.15) is 0 Å². The summed E-state index contributed by atoms with van der Waals surface area (Å²) in [7, 11) is 0. The summed E-state index contributed by atoms with van der Waals surface area (Å²) in [5, 5.41) is 0. The van der Waals surface area contributed by atoms with Crippen LogP contribution in [0.4, 0.5) is 14.1 Å². The van der Waals surface area contributed by atoms with E-state index in [1.807, 2.05) is 0 Å². The molecule has 0 rings (SSSR count). The second-order valence-electron chi connectivity index (χ2n) is 0. The van der Waals surface area contributed by atoms with Crippen molar-refractivity contribution in [2.45, 2.75) is 0 Å². The van der Waals surface area contributed by atoms with Crippen LogP contribution < -0.4 is 0 Å². The first kappa shape index (κ1) is 74.0. The molecule has 0 aliphatic heterocycles. The van der Waals surface area contributed by atoms with E-state index in [0.29, 0.717) is 0 Å². The summed E-state index contributed by atoms with van der Waals surface area (Å²) in [5.74, 6) is 0. The van der Waals surface area contributed by atoms with Crippen molar-refractivity contribution in [2.24, 2.45) is 0 Å². The molecule has 0 radical (unpaired) electrons. The predicted molar refractivity (Wildman–Crippen MR) is 33.1 cm³/mol. The first-order chi connectivity index (χ1) is 0. The van der Waals surface area contributed by atoms with Gasteiger partial charge in [-0.1, -0.05) is 0 Å². The van der Waals surface area contributed by atoms with Gasteiger partial charge in [0.15, 0.2) is 17.4 Å². The van der Waals surface area contributed by atoms with Gasteiger partial charge in [-0.05, 0) is 0 Å². The average Bonchev–Trinajstić information content (AvgIpc) is 0. The third-order valence-corrected chi connectivity index (χ3v) is 0. The molecule has 0 saturated heterocycles. The molecule has 0 N–H and O–H groups in total. The van der Waals surface area contributed by atoms with Crippen molar-refractivity contribution in [1.82, 2.24) is 0 Å². The third-order valence-electron chi connectivity index (χ3n) is 0. The Balaban J connectivity index is 0. The monoisotopic (exact) mass is 156 g/mol. The van der Waals surface area contributed by atoms with Crippen LogP contribution in [0.2, 0.25) is 0 Å². The summed E-state index contributed by atoms with van der Waals surface area (Å²) >= 11 is 0. The SMILES string of the molecule is F.F.F.[AlH3].[CaH2].[NaH]. The van der Waals surface area contributed by atoms with E-state index in [0.717, 1.165) is 0 Å². The fraction of sp³-hybridized carbons (Fsp3) is 0. The molecule has 0 saturated carbocycles. The quantitative estimate of drug-likeness (QED) is 0.346. The molecule has 0 amide bonds. The molecule has 6 heteroatoms. The van der Waals surface area contributed by atoms with Crippen molar-refractivity contribution in [3.05, 3.63) is 0 Å². The van der Waals surface area contributed by atoms with Gasteiger partial charge in [0, 0.05) is 0 Å². The summed E-state index contributed by atoms with van der Waals surface area (Å²) in [4.78, 5) is 0. The van der Waals surface area contributed by atoms with E-state index < -0.39 is 0 Å². The molecule has 0 nitrogen and oxygen atoms in total. The molecular weight excluding hydrogens is 147 g/mol. The van der Waals surface area contributed by atoms with Crippen LogP contribution in [0, 0.1) is 0 Å². The summed E-state index contributed by atoms with van der Waals surface area (Å²) in [6.45, 7) is 0. The molecule has 0 aliphatic carbocycles. The van der Waals surface area contributed by atoms with Gasteiger partial charge in [0.25, 0.3) is 0 Å². The van der Waals surface area contributed by atoms with Crippen LogP contribution in [0.3, 0.4) is 0 Å². The second-order valence-corrected chi connectivity index (χ2v) is 0. The maximum absolute atomic E-state index is 0. The van der Waals surface area contributed by atoms with Gasteiger partial charge in [-0.2, -0.15) is 0 Å². The molecule has 0 aliphatic rings. The van der Waals surface area contributed by atoms with Crippen LogP contribution in [0.15, 0.2) is 0 Å². The van der Waals surface area contributed by atoms with Crippen LogP contribution >= 0.6 is 0 Å². The number of hydrogen-bond donors (Lipinski definition) is 0. The molecule has 0 bridgehead atoms. The number of rotatable bonds is 0. The number of hydrogen-bond acceptors (Lipinski definition) is 0. The Hall–Kier alpha value is 2.58. The van der Waals surface area contributed by atoms with Gasteiger partial charge < -0.3 is 0 Å². The van der Waals surface area contributed by atoms with Crippen molar-refractivity contribution >= 4 is 84.7 Å². The van der Waals surface area contributed by atoms with Crippen molar-refractivity contribution in [2.75, 3.05) is 0 Å². The first-order valence-corrected chi connectivity index (χ1v) is 0. The standard InChI is InChI=1S/Al.Ca.3FH.Na.6H/h;;3*1H;;;;;;;. The zero-order valence-corrected chi connectivity index (χ0v) is 1.22. The molecular formula is H9AlCaF3Na. The van der Waals surface area contributed by atoms with Gasteiger partial charge in [-0.3, -0.25) is 14.1 Å². The molecule has 0 atom stereocenters. The average molecular weight is 156 g/mol. The first-order valence-electron chi connectivity index (χ1n) is 0. The Bertz CT molecular complexity index is 10.8. The van der Waals surface area contributed by atoms with Crippen LogP contribution in [-0.4, -0.2) is 84.7 Å². The van der Waals surface area contributed by atoms with E-state index in [9.17, 15) is 0 Å². The molecule has 0 fully saturated rings. The van der Waals surface area contributed by atoms with Gasteiger partial charge in [0.05, 0.1) is 0 Å². The van der Waals surface area contributed by atoms with E-state index in [1.165, 1.54) is 0 Å². The summed E-state index contributed by atoms with van der Waals surface area (Å²) in [5.41, 5.74) is 0. The van der Waals surface area contributed by atoms with Crippen molar-refractivity contribution in [3.63, 3.8) is 0 Å². The van der Waals surface area contributed by atoms with Crippen LogP contribution in [0.25, 0.3) is 0 Å². The zero-order chi connectivity index (χ0) is 0. The topological polar surface area (TPSA) is 0 Å². The molecule has 0 aromatic carbocycles. The second kappa shape index (κ2) is 49.3. The van der Waals surface area contributed by atoms with Gasteiger partial charge in [0.2, 0.25) is 0 Å². The fourth-order valence-electron chi connectivity index (χ4n) is 0. The van der Waals surface area contributed by atoms with E-state index in [4.69, 9.17) is 0 Å². The number of halogens is 3. The van der Waals surface area contributed by atoms with Gasteiger partial charge >= 0.3 is 67.3 Å². The van der Waals surface area contributed by atoms with E-state index >= 15 is 0 Å². The Morgan fingerprint density at radius 2 is 0.667 bits per heavy atom. The van der Waals surface area contributed by atoms with Gasteiger partial charge in [-0.25, -0.2) is 0 Å². The molecule has 0 unspecified atom stereocenters. The van der Waals surface area contributed by atoms with Crippen molar-refractivity contribution in [1.29, 1.82) is 0 Å². The Labute approximate surface area is 97.0 Å². The zero-order valence-electron chi connectivity index (χ0n) is 1.22. The van der Waals surface area contributed by atoms with Crippen molar-refractivity contribution in [3.8, 4) is 0 Å². The predicted octanol–water partition coefficient (Wildman–Crippen LogP) is -2.29. The van der Waals surface area contributed by atoms with Crippen molar-refractivity contribution < 1.29 is 14.1 Å². The van der Waals surface area contributed by atoms with E-state index in [1.54, 1.807) is 0 Å². The molecule has 6 heavy (non-hydrogen) atoms. The third kappa shape index (κ3) is 30.8. The molecule has 0 heterocycles. The van der Waals surface area contributed by atoms with E-state index in [-0.39, 0.29) is 98.8 Å². The summed E-state index contributed by atoms with van der Waals surface area (Å²) in [6.07, 6.45) is 0. The Kier molecular flexibility index (Phi) is 608. The molecule has 36 valence electrons. The van der Waals surface area contributed by atoms with Gasteiger partial charge in [-0.15, -0.1) is 0 Å². The Morgan fingerprint density at radius 1 is 0.667 bits per heavy atom. The minimum absolute atomic E-state index is 0. The normalized spacial score (nSPS) is 0.